The molecule has 1 N–H and O–H groups in total. The number of carbonyl (C=O) groups excluding carboxylic acids is 8. The van der Waals surface area contributed by atoms with Crippen molar-refractivity contribution in [2.45, 2.75) is 364 Å². The summed E-state index contributed by atoms with van der Waals surface area (Å²) in [7, 11) is 4.78. The zero-order chi connectivity index (χ0) is 102. The Morgan fingerprint density at radius 3 is 1.49 bits per heavy atom. The lowest BCUT2D eigenvalue weighted by molar-refractivity contribution is -0.167. The van der Waals surface area contributed by atoms with Crippen LogP contribution in [-0.4, -0.2) is 210 Å². The molecule has 0 spiro atoms. The van der Waals surface area contributed by atoms with Crippen LogP contribution in [0.15, 0.2) is 79.9 Å². The van der Waals surface area contributed by atoms with Crippen LogP contribution in [-0.2, 0) is 73.3 Å². The molecule has 818 valence electrons. The number of ether oxygens (including phenoxy) is 11. The number of carbonyl (C=O) groups is 9. The first-order valence-corrected chi connectivity index (χ1v) is 51.8. The largest absolute Gasteiger partial charge is 0.497 e. The van der Waals surface area contributed by atoms with Crippen LogP contribution in [0.1, 0.15) is 308 Å². The number of allylic oxidation sites excluding steroid dienone is 2. The number of aryl methyl sites for hydroxylation is 1. The molecule has 30 nitrogen and oxygen atoms in total. The lowest BCUT2D eigenvalue weighted by atomic mass is 9.77. The third-order valence-corrected chi connectivity index (χ3v) is 31.6. The Labute approximate surface area is 880 Å². The van der Waals surface area contributed by atoms with E-state index in [0.717, 1.165) is 94.7 Å². The van der Waals surface area contributed by atoms with E-state index in [1.807, 2.05) is 152 Å². The number of benzene rings is 3. The lowest BCUT2D eigenvalue weighted by Gasteiger charge is -2.35. The van der Waals surface area contributed by atoms with Gasteiger partial charge in [0.15, 0.2) is 0 Å². The molecular formula is C118H175N9O21. The molecule has 3 aromatic carbocycles. The number of hydrogen-bond acceptors (Lipinski definition) is 26. The molecule has 0 unspecified atom stereocenters. The lowest BCUT2D eigenvalue weighted by Crippen LogP contribution is -2.50. The number of carboxylic acid groups (broad SMARTS) is 1. The van der Waals surface area contributed by atoms with Gasteiger partial charge in [-0.3, -0.25) is 28.8 Å². The minimum Gasteiger partial charge on any atom is -0.497 e. The summed E-state index contributed by atoms with van der Waals surface area (Å²) in [4.78, 5) is 158. The number of aromatic nitrogens is 6. The number of methoxy groups -OCH3 is 3. The number of esters is 5. The Morgan fingerprint density at radius 2 is 0.986 bits per heavy atom. The smallest absolute Gasteiger partial charge is 0.329 e. The summed E-state index contributed by atoms with van der Waals surface area (Å²) in [5.41, 5.74) is 2.35. The standard InChI is InChI=1S/C40H55N3O7.C38H51N3O7.C34H45N3O7.6CH4/c1-11-13-14-15-26-27-18-24(27)19-32(26)48-34(44)21-28(39(4,5)6)37(45)43-22-33(23(3)35(43)38(46)50-40(7,8)9)49-36-29(12-2)41-30-17-16-25(47-10)20-31(30)42-36;1-21-31-20-41(33(21)36(44)48-38(5,6)7)35(43)26(37(2,3)4)19-32(42)46-30-17-22-16-25(22)24(30)12-10-9-11-13-28-34(47-31)40-29-18-23(45-8)14-15-27(29)39-28;1-18-28-17-37(30(18)33(40)41)32(39)23(34(2,3)4)16-29(38)43-27-14-19-13-22(19)21(27)9-7-6-8-10-25-31(44-28)36-26-15-20(42-5)11-12-24(26)35-25;;;;;;/h11-12,16-17,20,23-24,26-28,32-33,35H,1-2,13-15,18-19,21-22H2,3-10H3;11,13-15,18,21-22,24-26,30-31,33H,9-10,12,16-17,19-20H2,1-8H3;11-12,15,18-19,21-23,27-28,30H,6-10,13-14,16-17H2,1-5H3,(H,40,41);6*1H4/b;13-11+;;;;;;;/t23-,24-,26+,27-,28-,32+,33+,35+;21-,22+,24-,25+,26-,30-,31+,33+;18-,19+,21-,22+,23-,27-,28+,30+;;;;;;/m111....../s1. The molecule has 6 saturated carbocycles. The SMILES string of the molecule is C.C.C.C.C.C.C=CCCC[C@H]1[C@@H]2C[C@@H]2C[C@@H]1OC(=O)C[C@H](C(=O)N1C[C@H](Oc2nc3cc(OC)ccc3nc2C=C)[C@@H](C)[C@H]1C(=O)OC(C)(C)C)C(C)(C)C.COc1ccc2nc3c(nc2c1)O[C@H]1CN(C(=O)[C@H](C(C)(C)C)CC(=O)O[C@@H]2C[C@@H]4C[C@@H]4[C@H]2CCC/C=C/3)[C@H](C(=O)OC(C)(C)C)[C@@H]1C.COc1ccc2nc3c(nc2c1)O[C@H]1CN(C(=O)[C@H](C(C)(C)C)CC(=O)O[C@@H]2C[C@@H]4C[C@@H]4[C@H]2CCCCC3)[C@H](C(=O)O)[C@@H]1C. The number of aliphatic carboxylic acids is 1. The number of likely N-dealkylation sites (tertiary alicyclic amines) is 1. The van der Waals surface area contributed by atoms with E-state index in [1.54, 1.807) is 77.0 Å². The fourth-order valence-electron chi connectivity index (χ4n) is 23.5. The highest BCUT2D eigenvalue weighted by atomic mass is 16.6. The van der Waals surface area contributed by atoms with E-state index < -0.39 is 117 Å². The Kier molecular flexibility index (Phi) is 39.8. The molecule has 5 aliphatic heterocycles. The van der Waals surface area contributed by atoms with E-state index in [0.29, 0.717) is 128 Å². The quantitative estimate of drug-likeness (QED) is 0.0383. The average Bonchev–Trinajstić information content (AvgIpc) is 1.61. The van der Waals surface area contributed by atoms with Crippen molar-refractivity contribution in [3.05, 3.63) is 97.0 Å². The van der Waals surface area contributed by atoms with Crippen LogP contribution in [0, 0.1) is 105 Å². The van der Waals surface area contributed by atoms with Crippen LogP contribution in [0.25, 0.3) is 45.3 Å². The molecule has 3 saturated heterocycles. The topological polar surface area (TPSA) is 362 Å². The average molecular weight is 2060 g/mol. The zero-order valence-electron chi connectivity index (χ0n) is 87.2. The Morgan fingerprint density at radius 1 is 0.507 bits per heavy atom. The van der Waals surface area contributed by atoms with Crippen LogP contribution >= 0.6 is 0 Å². The predicted octanol–water partition coefficient (Wildman–Crippen LogP) is 22.5. The molecule has 30 heteroatoms. The molecular weight excluding hydrogens is 1880 g/mol. The summed E-state index contributed by atoms with van der Waals surface area (Å²) in [6, 6.07) is 13.5. The molecule has 3 amide bonds. The van der Waals surface area contributed by atoms with Crippen molar-refractivity contribution < 1.29 is 100 Å². The van der Waals surface area contributed by atoms with E-state index in [2.05, 4.69) is 24.2 Å². The fourth-order valence-corrected chi connectivity index (χ4v) is 23.5. The minimum absolute atomic E-state index is 0. The second-order valence-electron chi connectivity index (χ2n) is 47.1. The van der Waals surface area contributed by atoms with Gasteiger partial charge in [0.1, 0.15) is 100 Å². The number of nitrogens with zero attached hydrogens (tertiary/aromatic N) is 9. The molecule has 11 aliphatic rings. The Bertz CT molecular complexity index is 5730. The molecule has 6 aromatic rings. The summed E-state index contributed by atoms with van der Waals surface area (Å²) in [5, 5.41) is 10.3. The highest BCUT2D eigenvalue weighted by molar-refractivity contribution is 5.92. The summed E-state index contributed by atoms with van der Waals surface area (Å²) in [6.07, 6.45) is 21.9. The molecule has 9 fully saturated rings. The van der Waals surface area contributed by atoms with Crippen molar-refractivity contribution in [1.82, 2.24) is 44.6 Å². The molecule has 24 atom stereocenters. The predicted molar refractivity (Wildman–Crippen MR) is 576 cm³/mol. The van der Waals surface area contributed by atoms with Gasteiger partial charge in [0.25, 0.3) is 0 Å². The minimum atomic E-state index is -1.10. The highest BCUT2D eigenvalue weighted by Crippen LogP contribution is 2.61. The van der Waals surface area contributed by atoms with Gasteiger partial charge in [-0.15, -0.1) is 6.58 Å². The van der Waals surface area contributed by atoms with Crippen molar-refractivity contribution in [2.24, 2.45) is 105 Å². The van der Waals surface area contributed by atoms with E-state index in [9.17, 15) is 48.3 Å². The van der Waals surface area contributed by atoms with E-state index >= 15 is 0 Å². The van der Waals surface area contributed by atoms with Crippen LogP contribution in [0.4, 0.5) is 0 Å². The number of carboxylic acids is 1. The van der Waals surface area contributed by atoms with Gasteiger partial charge in [-0.2, -0.15) is 0 Å². The van der Waals surface area contributed by atoms with Gasteiger partial charge < -0.3 is 71.9 Å². The van der Waals surface area contributed by atoms with Gasteiger partial charge in [0.05, 0.1) is 111 Å². The summed E-state index contributed by atoms with van der Waals surface area (Å²) in [5.74, 6) is -0.0830. The van der Waals surface area contributed by atoms with Crippen LogP contribution < -0.4 is 28.4 Å². The summed E-state index contributed by atoms with van der Waals surface area (Å²) < 4.78 is 66.0. The van der Waals surface area contributed by atoms with Gasteiger partial charge in [-0.25, -0.2) is 44.3 Å². The van der Waals surface area contributed by atoms with Gasteiger partial charge in [-0.05, 0) is 256 Å². The highest BCUT2D eigenvalue weighted by Gasteiger charge is 2.60. The Hall–Kier alpha value is -11.1. The van der Waals surface area contributed by atoms with Crippen LogP contribution in [0.5, 0.6) is 34.9 Å². The second kappa shape index (κ2) is 48.9. The summed E-state index contributed by atoms with van der Waals surface area (Å²) in [6.45, 7) is 41.8. The van der Waals surface area contributed by atoms with Gasteiger partial charge >= 0.3 is 35.8 Å². The maximum Gasteiger partial charge on any atom is 0.329 e. The fraction of sp³-hybridized carbons (Fsp3) is 0.669. The molecule has 4 bridgehead atoms. The van der Waals surface area contributed by atoms with E-state index in [1.165, 1.54) is 24.2 Å². The monoisotopic (exact) mass is 2050 g/mol. The molecule has 3 aromatic heterocycles. The number of hydrogen-bond donors (Lipinski definition) is 1. The maximum atomic E-state index is 14.6. The van der Waals surface area contributed by atoms with Crippen molar-refractivity contribution in [2.75, 3.05) is 41.0 Å². The normalized spacial score (nSPS) is 29.1. The van der Waals surface area contributed by atoms with Crippen LogP contribution in [0.3, 0.4) is 0 Å². The van der Waals surface area contributed by atoms with Crippen LogP contribution in [0.2, 0.25) is 0 Å². The maximum absolute atomic E-state index is 14.6. The van der Waals surface area contributed by atoms with Crippen molar-refractivity contribution in [3.8, 4) is 34.9 Å². The Balaban J connectivity index is 0.000000242. The molecule has 148 heavy (non-hydrogen) atoms. The molecule has 6 aliphatic carbocycles. The first-order valence-electron chi connectivity index (χ1n) is 51.8. The third-order valence-electron chi connectivity index (χ3n) is 31.6. The first kappa shape index (κ1) is 120. The molecule has 0 radical (unpaired) electrons. The van der Waals surface area contributed by atoms with Gasteiger partial charge in [0.2, 0.25) is 35.4 Å². The summed E-state index contributed by atoms with van der Waals surface area (Å²) >= 11 is 0. The zero-order valence-corrected chi connectivity index (χ0v) is 87.2. The number of rotatable bonds is 17. The number of amides is 3. The van der Waals surface area contributed by atoms with Gasteiger partial charge in [0, 0.05) is 36.0 Å². The van der Waals surface area contributed by atoms with Crippen molar-refractivity contribution >= 4 is 98.8 Å². The third kappa shape index (κ3) is 27.8. The van der Waals surface area contributed by atoms with Crippen molar-refractivity contribution in [1.29, 1.82) is 0 Å². The van der Waals surface area contributed by atoms with Crippen molar-refractivity contribution in [3.63, 3.8) is 0 Å². The molecule has 8 heterocycles. The first-order chi connectivity index (χ1) is 67.1. The number of unbranched alkanes of at least 4 members (excludes halogenated alkanes) is 1. The van der Waals surface area contributed by atoms with E-state index in [4.69, 9.17) is 77.0 Å². The van der Waals surface area contributed by atoms with Gasteiger partial charge in [-0.1, -0.05) is 159 Å². The van der Waals surface area contributed by atoms with E-state index in [-0.39, 0.29) is 143 Å². The second-order valence-corrected chi connectivity index (χ2v) is 47.1. The molecule has 17 rings (SSSR count). The number of fused-ring (bicyclic) bond motifs is 16.